The molecular weight excluding hydrogens is 380 g/mol. The summed E-state index contributed by atoms with van der Waals surface area (Å²) in [7, 11) is 0. The van der Waals surface area contributed by atoms with Gasteiger partial charge in [-0.2, -0.15) is 0 Å². The Hall–Kier alpha value is -3.49. The number of allylic oxidation sites excluding steroid dienone is 1. The van der Waals surface area contributed by atoms with Crippen molar-refractivity contribution in [3.05, 3.63) is 65.5 Å². The Bertz CT molecular complexity index is 947. The molecule has 2 heterocycles. The van der Waals surface area contributed by atoms with E-state index < -0.39 is 0 Å². The van der Waals surface area contributed by atoms with Crippen LogP contribution in [0.25, 0.3) is 11.6 Å². The first-order valence-electron chi connectivity index (χ1n) is 9.65. The number of nitrogens with zero attached hydrogens (tertiary/aromatic N) is 2. The van der Waals surface area contributed by atoms with E-state index in [1.165, 1.54) is 17.8 Å². The van der Waals surface area contributed by atoms with Gasteiger partial charge in [0.05, 0.1) is 13.2 Å². The molecule has 6 N–H and O–H groups in total. The molecule has 0 bridgehead atoms. The Balaban J connectivity index is 1.63. The highest BCUT2D eigenvalue weighted by atomic mass is 16.5. The van der Waals surface area contributed by atoms with Crippen LogP contribution in [0.1, 0.15) is 16.7 Å². The third-order valence-corrected chi connectivity index (χ3v) is 4.75. The molecule has 0 saturated carbocycles. The Kier molecular flexibility index (Phi) is 7.31. The van der Waals surface area contributed by atoms with Crippen molar-refractivity contribution in [2.75, 3.05) is 37.4 Å². The molecule has 0 aliphatic carbocycles. The van der Waals surface area contributed by atoms with Gasteiger partial charge < -0.3 is 26.9 Å². The van der Waals surface area contributed by atoms with Crippen molar-refractivity contribution < 1.29 is 9.53 Å². The van der Waals surface area contributed by atoms with E-state index in [1.807, 2.05) is 24.3 Å². The summed E-state index contributed by atoms with van der Waals surface area (Å²) in [6.07, 6.45) is 7.03. The highest BCUT2D eigenvalue weighted by Gasteiger charge is 2.11. The second-order valence-corrected chi connectivity index (χ2v) is 6.87. The fourth-order valence-electron chi connectivity index (χ4n) is 3.14. The number of nitrogens with one attached hydrogen (secondary N) is 2. The average Bonchev–Trinajstić information content (AvgIpc) is 2.76. The summed E-state index contributed by atoms with van der Waals surface area (Å²) in [5.74, 6) is 0.0387. The zero-order valence-electron chi connectivity index (χ0n) is 16.7. The van der Waals surface area contributed by atoms with E-state index in [-0.39, 0.29) is 5.91 Å². The molecule has 8 heteroatoms. The van der Waals surface area contributed by atoms with E-state index in [0.29, 0.717) is 28.2 Å². The number of hydrogen-bond donors (Lipinski definition) is 4. The molecule has 1 saturated heterocycles. The maximum atomic E-state index is 12.3. The number of benzene rings is 1. The fourth-order valence-corrected chi connectivity index (χ4v) is 3.14. The minimum absolute atomic E-state index is 0.271. The van der Waals surface area contributed by atoms with Gasteiger partial charge in [-0.1, -0.05) is 12.1 Å². The summed E-state index contributed by atoms with van der Waals surface area (Å²) in [6.45, 7) is 4.28. The molecule has 8 nitrogen and oxygen atoms in total. The van der Waals surface area contributed by atoms with Crippen LogP contribution in [0.5, 0.6) is 0 Å². The second-order valence-electron chi connectivity index (χ2n) is 6.87. The van der Waals surface area contributed by atoms with Crippen molar-refractivity contribution >= 4 is 35.3 Å². The highest BCUT2D eigenvalue weighted by Crippen LogP contribution is 2.20. The fraction of sp³-hybridized carbons (Fsp3) is 0.227. The lowest BCUT2D eigenvalue weighted by Gasteiger charge is -2.26. The van der Waals surface area contributed by atoms with Gasteiger partial charge in [0.15, 0.2) is 0 Å². The van der Waals surface area contributed by atoms with Crippen molar-refractivity contribution in [1.82, 2.24) is 9.88 Å². The quantitative estimate of drug-likeness (QED) is 0.411. The number of nitrogen functional groups attached to an aromatic ring is 1. The van der Waals surface area contributed by atoms with Gasteiger partial charge >= 0.3 is 0 Å². The highest BCUT2D eigenvalue weighted by molar-refractivity contribution is 6.10. The summed E-state index contributed by atoms with van der Waals surface area (Å²) in [5.41, 5.74) is 15.0. The zero-order valence-corrected chi connectivity index (χ0v) is 16.7. The molecule has 0 radical (unpaired) electrons. The van der Waals surface area contributed by atoms with Crippen molar-refractivity contribution in [3.63, 3.8) is 0 Å². The van der Waals surface area contributed by atoms with Gasteiger partial charge in [-0.15, -0.1) is 0 Å². The van der Waals surface area contributed by atoms with E-state index in [9.17, 15) is 4.79 Å². The lowest BCUT2D eigenvalue weighted by Crippen LogP contribution is -2.35. The predicted molar refractivity (Wildman–Crippen MR) is 120 cm³/mol. The summed E-state index contributed by atoms with van der Waals surface area (Å²) >= 11 is 0. The molecule has 0 atom stereocenters. The van der Waals surface area contributed by atoms with Crippen molar-refractivity contribution in [3.8, 4) is 0 Å². The minimum atomic E-state index is -0.271. The minimum Gasteiger partial charge on any atom is -0.404 e. The van der Waals surface area contributed by atoms with Crippen LogP contribution in [0.15, 0.2) is 48.8 Å². The molecule has 156 valence electrons. The molecule has 1 aliphatic rings. The van der Waals surface area contributed by atoms with Crippen molar-refractivity contribution in [1.29, 1.82) is 5.41 Å². The molecule has 2 aromatic rings. The van der Waals surface area contributed by atoms with Crippen molar-refractivity contribution in [2.24, 2.45) is 5.73 Å². The smallest absolute Gasteiger partial charge is 0.248 e. The van der Waals surface area contributed by atoms with Crippen LogP contribution in [0.3, 0.4) is 0 Å². The zero-order chi connectivity index (χ0) is 21.3. The Labute approximate surface area is 175 Å². The number of anilines is 2. The van der Waals surface area contributed by atoms with E-state index in [4.69, 9.17) is 21.6 Å². The number of nitrogens with two attached hydrogens (primary N) is 2. The molecule has 30 heavy (non-hydrogen) atoms. The molecule has 1 aliphatic heterocycles. The number of amides is 1. The van der Waals surface area contributed by atoms with Crippen molar-refractivity contribution in [2.45, 2.75) is 6.54 Å². The lowest BCUT2D eigenvalue weighted by molar-refractivity contribution is -0.111. The lowest BCUT2D eigenvalue weighted by atomic mass is 10.0. The normalized spacial score (nSPS) is 15.3. The summed E-state index contributed by atoms with van der Waals surface area (Å²) < 4.78 is 5.37. The van der Waals surface area contributed by atoms with E-state index >= 15 is 0 Å². The predicted octanol–water partition coefficient (Wildman–Crippen LogP) is 2.10. The number of pyridine rings is 1. The Morgan fingerprint density at radius 1 is 1.27 bits per heavy atom. The van der Waals surface area contributed by atoms with Gasteiger partial charge in [0, 0.05) is 61.1 Å². The number of ether oxygens (including phenoxy) is 1. The standard InChI is InChI=1S/C22H26N6O2/c23-12-18(13-24)20-11-21(25)26-14-17(20)3-6-22(29)27-19-4-1-16(2-5-19)15-28-7-9-30-10-8-28/h1-6,11-14,23H,7-10,15,24H2,(H2,25,26)(H,27,29)/b6-3+,18-13+,23-12?. The molecule has 1 aromatic carbocycles. The molecule has 0 unspecified atom stereocenters. The number of morpholine rings is 1. The monoisotopic (exact) mass is 406 g/mol. The largest absolute Gasteiger partial charge is 0.404 e. The van der Waals surface area contributed by atoms with E-state index in [1.54, 1.807) is 18.3 Å². The average molecular weight is 406 g/mol. The maximum absolute atomic E-state index is 12.3. The Morgan fingerprint density at radius 3 is 2.67 bits per heavy atom. The van der Waals surface area contributed by atoms with Gasteiger partial charge in [-0.25, -0.2) is 4.98 Å². The van der Waals surface area contributed by atoms with Crippen LogP contribution in [0.4, 0.5) is 11.5 Å². The molecule has 1 fully saturated rings. The van der Waals surface area contributed by atoms with Gasteiger partial charge in [0.2, 0.25) is 5.91 Å². The third-order valence-electron chi connectivity index (χ3n) is 4.75. The summed E-state index contributed by atoms with van der Waals surface area (Å²) in [6, 6.07) is 9.43. The molecule has 0 spiro atoms. The van der Waals surface area contributed by atoms with Crippen LogP contribution < -0.4 is 16.8 Å². The number of rotatable bonds is 7. The van der Waals surface area contributed by atoms with Crippen LogP contribution in [-0.4, -0.2) is 48.3 Å². The van der Waals surface area contributed by atoms with E-state index in [2.05, 4.69) is 15.2 Å². The van der Waals surface area contributed by atoms with Gasteiger partial charge in [0.25, 0.3) is 0 Å². The first-order chi connectivity index (χ1) is 14.6. The Morgan fingerprint density at radius 2 is 2.00 bits per heavy atom. The molecular formula is C22H26N6O2. The third kappa shape index (κ3) is 5.76. The van der Waals surface area contributed by atoms with E-state index in [0.717, 1.165) is 39.1 Å². The number of carbonyl (C=O) groups is 1. The van der Waals surface area contributed by atoms with Gasteiger partial charge in [-0.3, -0.25) is 9.69 Å². The van der Waals surface area contributed by atoms with Crippen LogP contribution in [0, 0.1) is 5.41 Å². The maximum Gasteiger partial charge on any atom is 0.248 e. The van der Waals surface area contributed by atoms with Crippen LogP contribution >= 0.6 is 0 Å². The molecule has 1 amide bonds. The topological polar surface area (TPSA) is 130 Å². The number of hydrogen-bond acceptors (Lipinski definition) is 7. The van der Waals surface area contributed by atoms with Gasteiger partial charge in [0.1, 0.15) is 5.82 Å². The first kappa shape index (κ1) is 21.2. The summed E-state index contributed by atoms with van der Waals surface area (Å²) in [5, 5.41) is 10.3. The van der Waals surface area contributed by atoms with Gasteiger partial charge in [-0.05, 0) is 35.4 Å². The summed E-state index contributed by atoms with van der Waals surface area (Å²) in [4.78, 5) is 18.7. The number of aromatic nitrogens is 1. The van der Waals surface area contributed by atoms with Crippen LogP contribution in [0.2, 0.25) is 0 Å². The first-order valence-corrected chi connectivity index (χ1v) is 9.65. The molecule has 1 aromatic heterocycles. The number of carbonyl (C=O) groups excluding carboxylic acids is 1. The second kappa shape index (κ2) is 10.3. The SMILES string of the molecule is N=C/C(=C\N)c1cc(N)ncc1/C=C/C(=O)Nc1ccc(CN2CCOCC2)cc1. The molecule has 3 rings (SSSR count). The van der Waals surface area contributed by atoms with Crippen LogP contribution in [-0.2, 0) is 16.1 Å².